The normalized spacial score (nSPS) is 13.4. The van der Waals surface area contributed by atoms with Gasteiger partial charge in [-0.25, -0.2) is 4.98 Å². The molecule has 0 radical (unpaired) electrons. The van der Waals surface area contributed by atoms with Crippen molar-refractivity contribution in [2.75, 3.05) is 0 Å². The van der Waals surface area contributed by atoms with Crippen LogP contribution >= 0.6 is 7.14 Å². The van der Waals surface area contributed by atoms with Crippen LogP contribution in [0.1, 0.15) is 0 Å². The molecule has 9 rings (SSSR count). The summed E-state index contributed by atoms with van der Waals surface area (Å²) in [5, 5.41) is 10.3. The van der Waals surface area contributed by atoms with Crippen LogP contribution in [0.25, 0.3) is 59.9 Å². The maximum Gasteiger partial charge on any atom is 0.173 e. The van der Waals surface area contributed by atoms with Gasteiger partial charge in [-0.05, 0) is 51.2 Å². The molecule has 1 unspecified atom stereocenters. The largest absolute Gasteiger partial charge is 0.309 e. The minimum Gasteiger partial charge on any atom is -0.309 e. The summed E-state index contributed by atoms with van der Waals surface area (Å²) in [4.78, 5) is 5.23. The lowest BCUT2D eigenvalue weighted by atomic mass is 9.99. The molecule has 0 bridgehead atoms. The highest BCUT2D eigenvalue weighted by molar-refractivity contribution is 7.85. The van der Waals surface area contributed by atoms with Gasteiger partial charge in [-0.3, -0.25) is 4.40 Å². The van der Waals surface area contributed by atoms with Crippen LogP contribution in [-0.2, 0) is 4.57 Å². The van der Waals surface area contributed by atoms with Gasteiger partial charge >= 0.3 is 0 Å². The third-order valence-corrected chi connectivity index (χ3v) is 11.9. The predicted molar refractivity (Wildman–Crippen MR) is 182 cm³/mol. The molecule has 0 aliphatic heterocycles. The summed E-state index contributed by atoms with van der Waals surface area (Å²) in [6.07, 6.45) is 0. The Morgan fingerprint density at radius 3 is 2.09 bits per heavy atom. The number of para-hydroxylation sites is 3. The molecule has 0 N–H and O–H groups in total. The Morgan fingerprint density at radius 2 is 1.21 bits per heavy atom. The fraction of sp³-hybridized carbons (Fsp3) is 0. The summed E-state index contributed by atoms with van der Waals surface area (Å²) < 4.78 is 18.3. The lowest BCUT2D eigenvalue weighted by Gasteiger charge is -2.23. The van der Waals surface area contributed by atoms with Gasteiger partial charge in [0.2, 0.25) is 0 Å². The maximum atomic E-state index is 16.1. The summed E-state index contributed by atoms with van der Waals surface area (Å²) >= 11 is 0. The molecule has 9 aromatic rings. The van der Waals surface area contributed by atoms with Crippen molar-refractivity contribution in [2.24, 2.45) is 0 Å². The second-order valence-electron chi connectivity index (χ2n) is 11.1. The molecule has 0 saturated heterocycles. The summed E-state index contributed by atoms with van der Waals surface area (Å²) in [7, 11) is -3.36. The van der Waals surface area contributed by atoms with E-state index in [2.05, 4.69) is 101 Å². The fourth-order valence-corrected chi connectivity index (χ4v) is 9.70. The van der Waals surface area contributed by atoms with Crippen molar-refractivity contribution in [1.82, 2.24) is 9.38 Å². The van der Waals surface area contributed by atoms with Crippen molar-refractivity contribution in [3.8, 4) is 0 Å². The Hall–Kier alpha value is -5.24. The third kappa shape index (κ3) is 3.43. The molecule has 4 heteroatoms. The number of hydrogen-bond donors (Lipinski definition) is 0. The molecular weight excluding hydrogens is 543 g/mol. The van der Waals surface area contributed by atoms with Crippen LogP contribution in [0.4, 0.5) is 0 Å². The molecule has 0 saturated carbocycles. The second kappa shape index (κ2) is 9.13. The van der Waals surface area contributed by atoms with Crippen LogP contribution in [0.2, 0.25) is 0 Å². The zero-order valence-electron chi connectivity index (χ0n) is 23.2. The van der Waals surface area contributed by atoms with E-state index in [-0.39, 0.29) is 0 Å². The molecule has 202 valence electrons. The van der Waals surface area contributed by atoms with Crippen molar-refractivity contribution in [1.29, 1.82) is 0 Å². The van der Waals surface area contributed by atoms with Crippen LogP contribution in [0.3, 0.4) is 0 Å². The van der Waals surface area contributed by atoms with E-state index in [1.54, 1.807) is 0 Å². The Bertz CT molecular complexity index is 2600. The summed E-state index contributed by atoms with van der Waals surface area (Å²) in [5.74, 6) is 0. The molecule has 3 nitrogen and oxygen atoms in total. The first-order valence-corrected chi connectivity index (χ1v) is 16.2. The van der Waals surface area contributed by atoms with Crippen LogP contribution in [0.15, 0.2) is 152 Å². The second-order valence-corrected chi connectivity index (χ2v) is 13.9. The van der Waals surface area contributed by atoms with Gasteiger partial charge in [0.25, 0.3) is 0 Å². The highest BCUT2D eigenvalue weighted by atomic mass is 31.2. The van der Waals surface area contributed by atoms with E-state index in [4.69, 9.17) is 4.98 Å². The highest BCUT2D eigenvalue weighted by Gasteiger charge is 2.33. The Morgan fingerprint density at radius 1 is 0.512 bits per heavy atom. The van der Waals surface area contributed by atoms with Crippen molar-refractivity contribution >= 4 is 83.0 Å². The highest BCUT2D eigenvalue weighted by Crippen LogP contribution is 2.46. The molecule has 1 atom stereocenters. The van der Waals surface area contributed by atoms with Crippen molar-refractivity contribution in [3.63, 3.8) is 0 Å². The van der Waals surface area contributed by atoms with Crippen molar-refractivity contribution in [3.05, 3.63) is 152 Å². The fourth-order valence-electron chi connectivity index (χ4n) is 6.83. The minimum absolute atomic E-state index is 0.814. The molecule has 0 aliphatic carbocycles. The van der Waals surface area contributed by atoms with E-state index in [1.165, 1.54) is 5.39 Å². The SMILES string of the molecule is O=P(c1ccccc1)(c1ccc2ccccc2c1)c1cccc2c3ccc4ccccc4c3c3nc4ccccc4n3c12. The number of aromatic nitrogens is 2. The minimum atomic E-state index is -3.36. The first-order valence-electron chi connectivity index (χ1n) is 14.5. The predicted octanol–water partition coefficient (Wildman–Crippen LogP) is 8.74. The average molecular weight is 569 g/mol. The number of hydrogen-bond acceptors (Lipinski definition) is 2. The van der Waals surface area contributed by atoms with Gasteiger partial charge in [0.1, 0.15) is 5.65 Å². The molecule has 2 heterocycles. The van der Waals surface area contributed by atoms with Gasteiger partial charge in [0.15, 0.2) is 7.14 Å². The first-order chi connectivity index (χ1) is 21.2. The Balaban J connectivity index is 1.52. The summed E-state index contributed by atoms with van der Waals surface area (Å²) in [6.45, 7) is 0. The standard InChI is InChI=1S/C39H25N2OP/c42-43(29-14-2-1-3-15-29,30-23-21-26-11-4-5-13-28(26)25-30)36-20-10-17-33-32-24-22-27-12-6-7-16-31(27)37(32)39-40-34-18-8-9-19-35(34)41(39)38(33)36/h1-25H. The van der Waals surface area contributed by atoms with Gasteiger partial charge < -0.3 is 4.57 Å². The van der Waals surface area contributed by atoms with Crippen LogP contribution in [0.5, 0.6) is 0 Å². The van der Waals surface area contributed by atoms with Crippen molar-refractivity contribution < 1.29 is 4.57 Å². The van der Waals surface area contributed by atoms with E-state index < -0.39 is 7.14 Å². The first kappa shape index (κ1) is 24.4. The van der Waals surface area contributed by atoms with Crippen LogP contribution in [0, 0.1) is 0 Å². The zero-order chi connectivity index (χ0) is 28.5. The number of rotatable bonds is 3. The van der Waals surface area contributed by atoms with Crippen molar-refractivity contribution in [2.45, 2.75) is 0 Å². The quantitative estimate of drug-likeness (QED) is 0.158. The van der Waals surface area contributed by atoms with E-state index in [9.17, 15) is 0 Å². The molecule has 2 aromatic heterocycles. The molecule has 0 amide bonds. The van der Waals surface area contributed by atoms with Crippen LogP contribution < -0.4 is 15.9 Å². The lowest BCUT2D eigenvalue weighted by Crippen LogP contribution is -2.26. The number of fused-ring (bicyclic) bond motifs is 11. The van der Waals surface area contributed by atoms with E-state index in [0.717, 1.165) is 70.4 Å². The van der Waals surface area contributed by atoms with Crippen LogP contribution in [-0.4, -0.2) is 9.38 Å². The van der Waals surface area contributed by atoms with Gasteiger partial charge in [0, 0.05) is 26.7 Å². The average Bonchev–Trinajstić information content (AvgIpc) is 3.47. The molecule has 0 fully saturated rings. The van der Waals surface area contributed by atoms with E-state index in [0.29, 0.717) is 0 Å². The molecule has 43 heavy (non-hydrogen) atoms. The Labute approximate surface area is 248 Å². The molecule has 0 aliphatic rings. The molecule has 0 spiro atoms. The lowest BCUT2D eigenvalue weighted by molar-refractivity contribution is 0.592. The number of benzene rings is 7. The maximum absolute atomic E-state index is 16.1. The van der Waals surface area contributed by atoms with Gasteiger partial charge in [-0.2, -0.15) is 0 Å². The molecule has 7 aromatic carbocycles. The number of nitrogens with zero attached hydrogens (tertiary/aromatic N) is 2. The monoisotopic (exact) mass is 568 g/mol. The number of imidazole rings is 1. The Kier molecular flexibility index (Phi) is 5.17. The number of pyridine rings is 1. The summed E-state index contributed by atoms with van der Waals surface area (Å²) in [5.41, 5.74) is 3.74. The molecular formula is C39H25N2OP. The zero-order valence-corrected chi connectivity index (χ0v) is 24.1. The van der Waals surface area contributed by atoms with Gasteiger partial charge in [-0.1, -0.05) is 127 Å². The van der Waals surface area contributed by atoms with Gasteiger partial charge in [-0.15, -0.1) is 0 Å². The van der Waals surface area contributed by atoms with Gasteiger partial charge in [0.05, 0.1) is 16.6 Å². The van der Waals surface area contributed by atoms with E-state index >= 15 is 4.57 Å². The smallest absolute Gasteiger partial charge is 0.173 e. The summed E-state index contributed by atoms with van der Waals surface area (Å²) in [6, 6.07) is 51.9. The topological polar surface area (TPSA) is 34.4 Å². The third-order valence-electron chi connectivity index (χ3n) is 8.80. The van der Waals surface area contributed by atoms with E-state index in [1.807, 2.05) is 54.6 Å².